The first-order valence-corrected chi connectivity index (χ1v) is 9.62. The monoisotopic (exact) mass is 374 g/mol. The van der Waals surface area contributed by atoms with Gasteiger partial charge in [-0.3, -0.25) is 4.98 Å². The van der Waals surface area contributed by atoms with E-state index in [1.165, 1.54) is 17.0 Å². The number of hydrogen-bond acceptors (Lipinski definition) is 6. The number of rotatable bonds is 4. The molecule has 3 heterocycles. The van der Waals surface area contributed by atoms with Crippen LogP contribution in [0.3, 0.4) is 0 Å². The number of thiazole rings is 1. The number of anilines is 1. The molecule has 0 radical (unpaired) electrons. The van der Waals surface area contributed by atoms with Crippen molar-refractivity contribution in [2.45, 2.75) is 0 Å². The summed E-state index contributed by atoms with van der Waals surface area (Å²) in [4.78, 5) is 11.0. The van der Waals surface area contributed by atoms with Crippen LogP contribution in [0.25, 0.3) is 22.9 Å². The minimum Gasteiger partial charge on any atom is -0.378 e. The molecule has 2 aromatic heterocycles. The van der Waals surface area contributed by atoms with Crippen molar-refractivity contribution in [3.8, 4) is 17.3 Å². The van der Waals surface area contributed by atoms with Crippen molar-refractivity contribution in [2.75, 3.05) is 31.2 Å². The number of aromatic nitrogens is 2. The quantitative estimate of drug-likeness (QED) is 0.643. The molecule has 1 fully saturated rings. The van der Waals surface area contributed by atoms with Gasteiger partial charge >= 0.3 is 0 Å². The molecule has 27 heavy (non-hydrogen) atoms. The Morgan fingerprint density at radius 1 is 1.11 bits per heavy atom. The SMILES string of the molecule is N#C/C(=C\c1ccc(N2CCOCC2)cc1)c1nc(-c2ccncc2)cs1. The number of ether oxygens (including phenoxy) is 1. The van der Waals surface area contributed by atoms with Gasteiger partial charge in [-0.15, -0.1) is 11.3 Å². The number of benzene rings is 1. The molecule has 0 unspecified atom stereocenters. The summed E-state index contributed by atoms with van der Waals surface area (Å²) in [6.45, 7) is 3.36. The van der Waals surface area contributed by atoms with E-state index < -0.39 is 0 Å². The molecule has 0 saturated carbocycles. The van der Waals surface area contributed by atoms with Crippen LogP contribution in [-0.2, 0) is 4.74 Å². The highest BCUT2D eigenvalue weighted by Gasteiger charge is 2.12. The number of morpholine rings is 1. The van der Waals surface area contributed by atoms with Gasteiger partial charge in [0.2, 0.25) is 0 Å². The van der Waals surface area contributed by atoms with Gasteiger partial charge in [0, 0.05) is 42.1 Å². The minimum absolute atomic E-state index is 0.569. The summed E-state index contributed by atoms with van der Waals surface area (Å²) >= 11 is 1.48. The van der Waals surface area contributed by atoms with E-state index >= 15 is 0 Å². The molecular formula is C21H18N4OS. The second kappa shape index (κ2) is 8.12. The molecule has 0 bridgehead atoms. The lowest BCUT2D eigenvalue weighted by Crippen LogP contribution is -2.36. The normalized spacial score (nSPS) is 14.8. The van der Waals surface area contributed by atoms with E-state index in [9.17, 15) is 5.26 Å². The summed E-state index contributed by atoms with van der Waals surface area (Å²) in [5.41, 5.74) is 4.60. The van der Waals surface area contributed by atoms with Gasteiger partial charge in [-0.2, -0.15) is 5.26 Å². The summed E-state index contributed by atoms with van der Waals surface area (Å²) in [7, 11) is 0. The Bertz CT molecular complexity index is 967. The highest BCUT2D eigenvalue weighted by Crippen LogP contribution is 2.27. The lowest BCUT2D eigenvalue weighted by molar-refractivity contribution is 0.122. The highest BCUT2D eigenvalue weighted by molar-refractivity contribution is 7.11. The molecule has 4 rings (SSSR count). The van der Waals surface area contributed by atoms with Gasteiger partial charge in [-0.25, -0.2) is 4.98 Å². The van der Waals surface area contributed by atoms with Gasteiger partial charge in [0.15, 0.2) is 0 Å². The van der Waals surface area contributed by atoms with Crippen LogP contribution in [0, 0.1) is 11.3 Å². The fraction of sp³-hybridized carbons (Fsp3) is 0.190. The zero-order chi connectivity index (χ0) is 18.5. The molecule has 5 nitrogen and oxygen atoms in total. The first kappa shape index (κ1) is 17.4. The Morgan fingerprint density at radius 2 is 1.85 bits per heavy atom. The average molecular weight is 374 g/mol. The Morgan fingerprint density at radius 3 is 2.56 bits per heavy atom. The number of nitrogens with zero attached hydrogens (tertiary/aromatic N) is 4. The summed E-state index contributed by atoms with van der Waals surface area (Å²) in [5.74, 6) is 0. The minimum atomic E-state index is 0.569. The van der Waals surface area contributed by atoms with Gasteiger partial charge < -0.3 is 9.64 Å². The fourth-order valence-corrected chi connectivity index (χ4v) is 3.76. The first-order valence-electron chi connectivity index (χ1n) is 8.74. The van der Waals surface area contributed by atoms with Crippen LogP contribution in [0.4, 0.5) is 5.69 Å². The van der Waals surface area contributed by atoms with Crippen LogP contribution >= 0.6 is 11.3 Å². The van der Waals surface area contributed by atoms with E-state index in [2.05, 4.69) is 33.1 Å². The second-order valence-corrected chi connectivity index (χ2v) is 6.99. The number of pyridine rings is 1. The van der Waals surface area contributed by atoms with Crippen LogP contribution in [0.2, 0.25) is 0 Å². The summed E-state index contributed by atoms with van der Waals surface area (Å²) in [6, 6.07) is 14.4. The van der Waals surface area contributed by atoms with Gasteiger partial charge in [-0.1, -0.05) is 12.1 Å². The molecule has 0 amide bonds. The molecule has 0 atom stereocenters. The highest BCUT2D eigenvalue weighted by atomic mass is 32.1. The van der Waals surface area contributed by atoms with Crippen molar-refractivity contribution in [1.82, 2.24) is 9.97 Å². The zero-order valence-corrected chi connectivity index (χ0v) is 15.5. The van der Waals surface area contributed by atoms with Gasteiger partial charge in [0.05, 0.1) is 24.5 Å². The lowest BCUT2D eigenvalue weighted by atomic mass is 10.1. The van der Waals surface area contributed by atoms with Crippen molar-refractivity contribution in [2.24, 2.45) is 0 Å². The number of allylic oxidation sites excluding steroid dienone is 1. The number of nitriles is 1. The van der Waals surface area contributed by atoms with Crippen LogP contribution in [-0.4, -0.2) is 36.3 Å². The molecule has 134 valence electrons. The van der Waals surface area contributed by atoms with Gasteiger partial charge in [0.25, 0.3) is 0 Å². The largest absolute Gasteiger partial charge is 0.378 e. The van der Waals surface area contributed by atoms with E-state index in [4.69, 9.17) is 4.74 Å². The molecule has 1 aliphatic heterocycles. The Hall–Kier alpha value is -3.01. The van der Waals surface area contributed by atoms with Crippen molar-refractivity contribution in [3.63, 3.8) is 0 Å². The third-order valence-corrected chi connectivity index (χ3v) is 5.29. The summed E-state index contributed by atoms with van der Waals surface area (Å²) < 4.78 is 5.40. The Kier molecular flexibility index (Phi) is 5.24. The third kappa shape index (κ3) is 4.05. The standard InChI is InChI=1S/C21H18N4OS/c22-14-18(21-24-20(15-27-21)17-5-7-23-8-6-17)13-16-1-3-19(4-2-16)25-9-11-26-12-10-25/h1-8,13,15H,9-12H2/b18-13+. The molecule has 0 N–H and O–H groups in total. The summed E-state index contributed by atoms with van der Waals surface area (Å²) in [6.07, 6.45) is 5.37. The van der Waals surface area contributed by atoms with Crippen LogP contribution in [0.1, 0.15) is 10.6 Å². The fourth-order valence-electron chi connectivity index (χ4n) is 2.96. The van der Waals surface area contributed by atoms with Crippen molar-refractivity contribution in [3.05, 3.63) is 64.7 Å². The van der Waals surface area contributed by atoms with E-state index in [-0.39, 0.29) is 0 Å². The van der Waals surface area contributed by atoms with Crippen molar-refractivity contribution >= 4 is 28.7 Å². The molecule has 3 aromatic rings. The predicted molar refractivity (Wildman–Crippen MR) is 108 cm³/mol. The molecule has 0 aliphatic carbocycles. The first-order chi connectivity index (χ1) is 13.3. The predicted octanol–water partition coefficient (Wildman–Crippen LogP) is 4.11. The molecule has 6 heteroatoms. The maximum absolute atomic E-state index is 9.60. The van der Waals surface area contributed by atoms with Gasteiger partial charge in [-0.05, 0) is 35.9 Å². The smallest absolute Gasteiger partial charge is 0.134 e. The van der Waals surface area contributed by atoms with E-state index in [0.29, 0.717) is 5.57 Å². The molecule has 0 spiro atoms. The maximum Gasteiger partial charge on any atom is 0.134 e. The van der Waals surface area contributed by atoms with Crippen LogP contribution in [0.15, 0.2) is 54.2 Å². The second-order valence-electron chi connectivity index (χ2n) is 6.13. The third-order valence-electron chi connectivity index (χ3n) is 4.41. The molecule has 1 saturated heterocycles. The average Bonchev–Trinajstić information content (AvgIpc) is 3.24. The number of hydrogen-bond donors (Lipinski definition) is 0. The van der Waals surface area contributed by atoms with Gasteiger partial charge in [0.1, 0.15) is 11.1 Å². The van der Waals surface area contributed by atoms with E-state index in [0.717, 1.165) is 48.1 Å². The molecule has 1 aliphatic rings. The van der Waals surface area contributed by atoms with Crippen LogP contribution < -0.4 is 4.90 Å². The zero-order valence-electron chi connectivity index (χ0n) is 14.7. The summed E-state index contributed by atoms with van der Waals surface area (Å²) in [5, 5.41) is 12.3. The lowest BCUT2D eigenvalue weighted by Gasteiger charge is -2.28. The molecular weight excluding hydrogens is 356 g/mol. The van der Waals surface area contributed by atoms with Crippen LogP contribution in [0.5, 0.6) is 0 Å². The maximum atomic E-state index is 9.60. The Balaban J connectivity index is 1.55. The van der Waals surface area contributed by atoms with E-state index in [1.807, 2.05) is 35.7 Å². The Labute approximate surface area is 162 Å². The van der Waals surface area contributed by atoms with Crippen molar-refractivity contribution in [1.29, 1.82) is 5.26 Å². The van der Waals surface area contributed by atoms with E-state index in [1.54, 1.807) is 12.4 Å². The molecule has 1 aromatic carbocycles. The topological polar surface area (TPSA) is 62.0 Å². The van der Waals surface area contributed by atoms with Crippen molar-refractivity contribution < 1.29 is 4.74 Å².